The molecule has 1 amide bonds. The van der Waals surface area contributed by atoms with Gasteiger partial charge in [0, 0.05) is 17.5 Å². The molecule has 0 spiro atoms. The number of carbonyl (C=O) groups excluding carboxylic acids is 1. The second kappa shape index (κ2) is 6.51. The maximum absolute atomic E-state index is 12.5. The van der Waals surface area contributed by atoms with Crippen LogP contribution in [0.2, 0.25) is 0 Å². The molecule has 5 rings (SSSR count). The van der Waals surface area contributed by atoms with Crippen LogP contribution in [-0.2, 0) is 11.2 Å². The first-order valence-corrected chi connectivity index (χ1v) is 9.85. The van der Waals surface area contributed by atoms with Gasteiger partial charge < -0.3 is 10.6 Å². The first-order valence-electron chi connectivity index (χ1n) is 9.85. The summed E-state index contributed by atoms with van der Waals surface area (Å²) >= 11 is 0. The van der Waals surface area contributed by atoms with E-state index in [1.54, 1.807) is 0 Å². The Morgan fingerprint density at radius 2 is 1.79 bits per heavy atom. The van der Waals surface area contributed by atoms with Gasteiger partial charge in [-0.1, -0.05) is 25.1 Å². The molecule has 4 aliphatic rings. The average Bonchev–Trinajstić information content (AvgIpc) is 2.55. The van der Waals surface area contributed by atoms with Gasteiger partial charge in [-0.25, -0.2) is 0 Å². The van der Waals surface area contributed by atoms with Crippen LogP contribution in [0.4, 0.5) is 5.69 Å². The summed E-state index contributed by atoms with van der Waals surface area (Å²) in [5.74, 6) is 3.92. The van der Waals surface area contributed by atoms with E-state index in [-0.39, 0.29) is 5.91 Å². The van der Waals surface area contributed by atoms with Gasteiger partial charge in [-0.05, 0) is 68.4 Å². The Labute approximate surface area is 145 Å². The van der Waals surface area contributed by atoms with Crippen molar-refractivity contribution in [2.45, 2.75) is 58.4 Å². The summed E-state index contributed by atoms with van der Waals surface area (Å²) in [5, 5.41) is 5.55. The topological polar surface area (TPSA) is 45.7 Å². The number of amides is 1. The van der Waals surface area contributed by atoms with Crippen LogP contribution in [0, 0.1) is 30.6 Å². The number of hydrogen-bond acceptors (Lipinski definition) is 1. The molecule has 4 bridgehead atoms. The van der Waals surface area contributed by atoms with Gasteiger partial charge in [-0.2, -0.15) is 0 Å². The normalized spacial score (nSPS) is 33.7. The van der Waals surface area contributed by atoms with Crippen molar-refractivity contribution in [2.75, 3.05) is 11.9 Å². The number of hydrogen-bond donors (Lipinski definition) is 2. The molecule has 4 aliphatic carbocycles. The van der Waals surface area contributed by atoms with Crippen LogP contribution in [-0.4, -0.2) is 18.5 Å². The summed E-state index contributed by atoms with van der Waals surface area (Å²) in [5.41, 5.74) is 3.43. The van der Waals surface area contributed by atoms with Crippen molar-refractivity contribution >= 4 is 11.6 Å². The number of anilines is 1. The van der Waals surface area contributed by atoms with E-state index < -0.39 is 0 Å². The Kier molecular flexibility index (Phi) is 4.38. The van der Waals surface area contributed by atoms with Crippen LogP contribution in [0.15, 0.2) is 18.2 Å². The zero-order valence-electron chi connectivity index (χ0n) is 15.1. The lowest BCUT2D eigenvalue weighted by atomic mass is 9.54. The van der Waals surface area contributed by atoms with Crippen LogP contribution in [0.3, 0.4) is 0 Å². The van der Waals surface area contributed by atoms with E-state index in [1.165, 1.54) is 37.7 Å². The summed E-state index contributed by atoms with van der Waals surface area (Å²) in [4.78, 5) is 12.5. The van der Waals surface area contributed by atoms with E-state index in [0.717, 1.165) is 41.3 Å². The van der Waals surface area contributed by atoms with Crippen molar-refractivity contribution in [3.05, 3.63) is 29.3 Å². The summed E-state index contributed by atoms with van der Waals surface area (Å²) < 4.78 is 0. The molecule has 1 aromatic rings. The standard InChI is InChI=1S/C21H30N2O/c1-3-16-6-4-5-13(2)20(16)23-19(24)12-22-21-17-8-14-7-15(10-17)11-18(21)9-14/h4-6,14-15,17-18,21-22H,3,7-12H2,1-2H3,(H,23,24)/p+1. The van der Waals surface area contributed by atoms with Crippen molar-refractivity contribution in [1.82, 2.24) is 0 Å². The van der Waals surface area contributed by atoms with Gasteiger partial charge in [-0.3, -0.25) is 4.79 Å². The van der Waals surface area contributed by atoms with Gasteiger partial charge in [0.15, 0.2) is 6.54 Å². The third-order valence-electron chi connectivity index (χ3n) is 6.88. The number of carbonyl (C=O) groups is 1. The Bertz CT molecular complexity index is 596. The van der Waals surface area contributed by atoms with Gasteiger partial charge in [0.25, 0.3) is 5.91 Å². The minimum Gasteiger partial charge on any atom is -0.336 e. The Hall–Kier alpha value is -1.35. The molecule has 3 nitrogen and oxygen atoms in total. The molecule has 1 aromatic carbocycles. The van der Waals surface area contributed by atoms with E-state index in [4.69, 9.17) is 0 Å². The molecular weight excluding hydrogens is 296 g/mol. The van der Waals surface area contributed by atoms with Crippen molar-refractivity contribution in [3.8, 4) is 0 Å². The highest BCUT2D eigenvalue weighted by Crippen LogP contribution is 2.52. The molecule has 0 aliphatic heterocycles. The van der Waals surface area contributed by atoms with Crippen LogP contribution in [0.1, 0.15) is 50.2 Å². The lowest BCUT2D eigenvalue weighted by Crippen LogP contribution is -2.95. The van der Waals surface area contributed by atoms with Crippen molar-refractivity contribution in [1.29, 1.82) is 0 Å². The van der Waals surface area contributed by atoms with E-state index in [1.807, 2.05) is 0 Å². The molecule has 24 heavy (non-hydrogen) atoms. The molecule has 4 saturated carbocycles. The fourth-order valence-corrected chi connectivity index (χ4v) is 5.99. The van der Waals surface area contributed by atoms with E-state index in [0.29, 0.717) is 12.6 Å². The van der Waals surface area contributed by atoms with Crippen LogP contribution < -0.4 is 10.6 Å². The molecule has 4 fully saturated rings. The fourth-order valence-electron chi connectivity index (χ4n) is 5.99. The number of quaternary nitrogens is 1. The Morgan fingerprint density at radius 3 is 2.42 bits per heavy atom. The molecule has 0 atom stereocenters. The maximum Gasteiger partial charge on any atom is 0.279 e. The third kappa shape index (κ3) is 2.99. The van der Waals surface area contributed by atoms with Gasteiger partial charge >= 0.3 is 0 Å². The fraction of sp³-hybridized carbons (Fsp3) is 0.667. The predicted molar refractivity (Wildman–Crippen MR) is 96.8 cm³/mol. The minimum absolute atomic E-state index is 0.160. The number of aryl methyl sites for hydroxylation is 2. The molecule has 0 aromatic heterocycles. The lowest BCUT2D eigenvalue weighted by Gasteiger charge is -2.52. The maximum atomic E-state index is 12.5. The number of nitrogens with two attached hydrogens (primary N) is 1. The molecule has 3 heteroatoms. The monoisotopic (exact) mass is 327 g/mol. The highest BCUT2D eigenvalue weighted by atomic mass is 16.1. The summed E-state index contributed by atoms with van der Waals surface area (Å²) in [6, 6.07) is 6.97. The van der Waals surface area contributed by atoms with Crippen LogP contribution in [0.5, 0.6) is 0 Å². The Balaban J connectivity index is 1.36. The van der Waals surface area contributed by atoms with Gasteiger partial charge in [0.2, 0.25) is 0 Å². The van der Waals surface area contributed by atoms with E-state index >= 15 is 0 Å². The highest BCUT2D eigenvalue weighted by molar-refractivity contribution is 5.93. The van der Waals surface area contributed by atoms with Crippen molar-refractivity contribution in [2.24, 2.45) is 23.7 Å². The highest BCUT2D eigenvalue weighted by Gasteiger charge is 2.50. The molecule has 0 radical (unpaired) electrons. The summed E-state index contributed by atoms with van der Waals surface area (Å²) in [7, 11) is 0. The molecule has 3 N–H and O–H groups in total. The first-order chi connectivity index (χ1) is 11.6. The second-order valence-corrected chi connectivity index (χ2v) is 8.46. The summed E-state index contributed by atoms with van der Waals surface area (Å²) in [6.45, 7) is 4.80. The van der Waals surface area contributed by atoms with Gasteiger partial charge in [0.1, 0.15) is 0 Å². The van der Waals surface area contributed by atoms with E-state index in [9.17, 15) is 4.79 Å². The van der Waals surface area contributed by atoms with Crippen LogP contribution >= 0.6 is 0 Å². The third-order valence-corrected chi connectivity index (χ3v) is 6.88. The number of benzene rings is 1. The molecule has 0 heterocycles. The Morgan fingerprint density at radius 1 is 1.12 bits per heavy atom. The molecule has 130 valence electrons. The largest absolute Gasteiger partial charge is 0.336 e. The zero-order valence-corrected chi connectivity index (χ0v) is 15.1. The van der Waals surface area contributed by atoms with Crippen molar-refractivity contribution < 1.29 is 10.1 Å². The SMILES string of the molecule is CCc1cccc(C)c1NC(=O)C[NH2+]C1C2CC3CC(C2)CC1C3. The quantitative estimate of drug-likeness (QED) is 0.858. The molecular formula is C21H31N2O+. The molecule has 0 unspecified atom stereocenters. The predicted octanol–water partition coefficient (Wildman–Crippen LogP) is 2.88. The van der Waals surface area contributed by atoms with Crippen LogP contribution in [0.25, 0.3) is 0 Å². The van der Waals surface area contributed by atoms with E-state index in [2.05, 4.69) is 42.7 Å². The minimum atomic E-state index is 0.160. The summed E-state index contributed by atoms with van der Waals surface area (Å²) in [6.07, 6.45) is 8.14. The lowest BCUT2D eigenvalue weighted by molar-refractivity contribution is -0.699. The number of rotatable bonds is 5. The van der Waals surface area contributed by atoms with Gasteiger partial charge in [0.05, 0.1) is 6.04 Å². The van der Waals surface area contributed by atoms with Gasteiger partial charge in [-0.15, -0.1) is 0 Å². The number of para-hydroxylation sites is 1. The second-order valence-electron chi connectivity index (χ2n) is 8.46. The smallest absolute Gasteiger partial charge is 0.279 e. The molecule has 0 saturated heterocycles. The average molecular weight is 327 g/mol. The zero-order chi connectivity index (χ0) is 16.7. The number of nitrogens with one attached hydrogen (secondary N) is 1. The first kappa shape index (κ1) is 16.1. The van der Waals surface area contributed by atoms with Crippen molar-refractivity contribution in [3.63, 3.8) is 0 Å².